The number of hydrogen-bond donors (Lipinski definition) is 1. The van der Waals surface area contributed by atoms with Gasteiger partial charge in [-0.1, -0.05) is 6.92 Å². The van der Waals surface area contributed by atoms with Crippen LogP contribution in [0.3, 0.4) is 0 Å². The summed E-state index contributed by atoms with van der Waals surface area (Å²) in [7, 11) is 0. The normalized spacial score (nSPS) is 27.6. The molecule has 1 unspecified atom stereocenters. The van der Waals surface area contributed by atoms with Gasteiger partial charge in [0.25, 0.3) is 0 Å². The molecule has 1 atom stereocenters. The molecule has 0 radical (unpaired) electrons. The largest absolute Gasteiger partial charge is 0.381 e. The van der Waals surface area contributed by atoms with Crippen LogP contribution in [-0.2, 0) is 4.74 Å². The van der Waals surface area contributed by atoms with Gasteiger partial charge in [0, 0.05) is 37.8 Å². The minimum Gasteiger partial charge on any atom is -0.381 e. The number of nitrogens with two attached hydrogens (primary N) is 1. The summed E-state index contributed by atoms with van der Waals surface area (Å²) in [6.45, 7) is 7.62. The minimum atomic E-state index is 0.611. The standard InChI is InChI=1S/C12H24N2O/c1-2-11(3-6-13)14-9-12(10-14)4-7-15-8-5-12/h11H,2-10,13H2,1H3. The van der Waals surface area contributed by atoms with Gasteiger partial charge >= 0.3 is 0 Å². The predicted molar refractivity (Wildman–Crippen MR) is 61.8 cm³/mol. The third-order valence-corrected chi connectivity index (χ3v) is 4.12. The van der Waals surface area contributed by atoms with Crippen molar-refractivity contribution >= 4 is 0 Å². The summed E-state index contributed by atoms with van der Waals surface area (Å²) in [5.74, 6) is 0. The molecule has 2 saturated heterocycles. The van der Waals surface area contributed by atoms with Crippen molar-refractivity contribution in [3.63, 3.8) is 0 Å². The fourth-order valence-corrected chi connectivity index (χ4v) is 3.03. The van der Waals surface area contributed by atoms with Crippen LogP contribution in [0.4, 0.5) is 0 Å². The Morgan fingerprint density at radius 2 is 2.00 bits per heavy atom. The van der Waals surface area contributed by atoms with E-state index in [0.717, 1.165) is 32.2 Å². The van der Waals surface area contributed by atoms with Crippen molar-refractivity contribution in [1.29, 1.82) is 0 Å². The Labute approximate surface area is 93.0 Å². The number of likely N-dealkylation sites (tertiary alicyclic amines) is 1. The summed E-state index contributed by atoms with van der Waals surface area (Å²) in [6, 6.07) is 0.725. The Kier molecular flexibility index (Phi) is 3.65. The third kappa shape index (κ3) is 2.35. The lowest BCUT2D eigenvalue weighted by Gasteiger charge is -2.55. The second-order valence-corrected chi connectivity index (χ2v) is 5.16. The lowest BCUT2D eigenvalue weighted by Crippen LogP contribution is -2.61. The summed E-state index contributed by atoms with van der Waals surface area (Å²) in [4.78, 5) is 2.62. The van der Waals surface area contributed by atoms with Gasteiger partial charge in [0.15, 0.2) is 0 Å². The van der Waals surface area contributed by atoms with E-state index < -0.39 is 0 Å². The van der Waals surface area contributed by atoms with Gasteiger partial charge in [0.1, 0.15) is 0 Å². The van der Waals surface area contributed by atoms with Crippen molar-refractivity contribution in [2.24, 2.45) is 11.1 Å². The zero-order valence-corrected chi connectivity index (χ0v) is 9.87. The molecule has 3 heteroatoms. The quantitative estimate of drug-likeness (QED) is 0.761. The second-order valence-electron chi connectivity index (χ2n) is 5.16. The summed E-state index contributed by atoms with van der Waals surface area (Å²) in [5.41, 5.74) is 6.26. The van der Waals surface area contributed by atoms with Gasteiger partial charge in [0.2, 0.25) is 0 Å². The van der Waals surface area contributed by atoms with Crippen molar-refractivity contribution in [2.45, 2.75) is 38.6 Å². The number of hydrogen-bond acceptors (Lipinski definition) is 3. The molecule has 2 rings (SSSR count). The first-order valence-electron chi connectivity index (χ1n) is 6.31. The van der Waals surface area contributed by atoms with Crippen LogP contribution in [0.1, 0.15) is 32.6 Å². The Hall–Kier alpha value is -0.120. The van der Waals surface area contributed by atoms with E-state index in [1.807, 2.05) is 0 Å². The van der Waals surface area contributed by atoms with Crippen LogP contribution in [0.2, 0.25) is 0 Å². The Morgan fingerprint density at radius 3 is 2.53 bits per heavy atom. The molecular weight excluding hydrogens is 188 g/mol. The maximum Gasteiger partial charge on any atom is 0.0472 e. The smallest absolute Gasteiger partial charge is 0.0472 e. The van der Waals surface area contributed by atoms with Crippen LogP contribution in [0, 0.1) is 5.41 Å². The summed E-state index contributed by atoms with van der Waals surface area (Å²) in [5, 5.41) is 0. The van der Waals surface area contributed by atoms with E-state index in [2.05, 4.69) is 11.8 Å². The summed E-state index contributed by atoms with van der Waals surface area (Å²) >= 11 is 0. The zero-order valence-electron chi connectivity index (χ0n) is 9.87. The average molecular weight is 212 g/mol. The molecule has 0 bridgehead atoms. The maximum atomic E-state index is 5.64. The molecule has 2 fully saturated rings. The number of nitrogens with zero attached hydrogens (tertiary/aromatic N) is 1. The molecule has 0 aromatic heterocycles. The van der Waals surface area contributed by atoms with Gasteiger partial charge in [-0.3, -0.25) is 4.90 Å². The Balaban J connectivity index is 1.80. The molecule has 0 saturated carbocycles. The molecule has 88 valence electrons. The summed E-state index contributed by atoms with van der Waals surface area (Å²) in [6.07, 6.45) is 4.93. The van der Waals surface area contributed by atoms with Crippen molar-refractivity contribution in [3.05, 3.63) is 0 Å². The molecule has 2 heterocycles. The monoisotopic (exact) mass is 212 g/mol. The van der Waals surface area contributed by atoms with E-state index in [4.69, 9.17) is 10.5 Å². The molecule has 0 aliphatic carbocycles. The van der Waals surface area contributed by atoms with E-state index in [0.29, 0.717) is 5.41 Å². The van der Waals surface area contributed by atoms with Crippen LogP contribution in [0.5, 0.6) is 0 Å². The zero-order chi connectivity index (χ0) is 10.7. The molecule has 2 aliphatic heterocycles. The second kappa shape index (κ2) is 4.81. The van der Waals surface area contributed by atoms with Crippen molar-refractivity contribution < 1.29 is 4.74 Å². The van der Waals surface area contributed by atoms with Crippen molar-refractivity contribution in [2.75, 3.05) is 32.8 Å². The molecular formula is C12H24N2O. The Morgan fingerprint density at radius 1 is 1.33 bits per heavy atom. The molecule has 15 heavy (non-hydrogen) atoms. The van der Waals surface area contributed by atoms with Gasteiger partial charge in [-0.2, -0.15) is 0 Å². The molecule has 0 aromatic carbocycles. The molecule has 2 aliphatic rings. The van der Waals surface area contributed by atoms with Crippen molar-refractivity contribution in [3.8, 4) is 0 Å². The number of rotatable bonds is 4. The highest BCUT2D eigenvalue weighted by Gasteiger charge is 2.45. The van der Waals surface area contributed by atoms with Gasteiger partial charge in [-0.25, -0.2) is 0 Å². The maximum absolute atomic E-state index is 5.64. The lowest BCUT2D eigenvalue weighted by atomic mass is 9.72. The van der Waals surface area contributed by atoms with Crippen molar-refractivity contribution in [1.82, 2.24) is 4.90 Å². The van der Waals surface area contributed by atoms with Gasteiger partial charge in [-0.05, 0) is 32.2 Å². The van der Waals surface area contributed by atoms with E-state index in [-0.39, 0.29) is 0 Å². The highest BCUT2D eigenvalue weighted by atomic mass is 16.5. The molecule has 0 aromatic rings. The average Bonchev–Trinajstić information content (AvgIpc) is 2.24. The molecule has 0 amide bonds. The SMILES string of the molecule is CCC(CCN)N1CC2(CCOCC2)C1. The summed E-state index contributed by atoms with van der Waals surface area (Å²) < 4.78 is 5.43. The molecule has 3 nitrogen and oxygen atoms in total. The van der Waals surface area contributed by atoms with Crippen LogP contribution in [-0.4, -0.2) is 43.8 Å². The van der Waals surface area contributed by atoms with Crippen LogP contribution >= 0.6 is 0 Å². The van der Waals surface area contributed by atoms with E-state index >= 15 is 0 Å². The third-order valence-electron chi connectivity index (χ3n) is 4.12. The van der Waals surface area contributed by atoms with Gasteiger partial charge in [-0.15, -0.1) is 0 Å². The molecule has 1 spiro atoms. The minimum absolute atomic E-state index is 0.611. The van der Waals surface area contributed by atoms with Crippen LogP contribution in [0.25, 0.3) is 0 Å². The van der Waals surface area contributed by atoms with E-state index in [1.165, 1.54) is 32.4 Å². The van der Waals surface area contributed by atoms with Gasteiger partial charge in [0.05, 0.1) is 0 Å². The topological polar surface area (TPSA) is 38.5 Å². The predicted octanol–water partition coefficient (Wildman–Crippen LogP) is 1.23. The first kappa shape index (κ1) is 11.4. The van der Waals surface area contributed by atoms with E-state index in [9.17, 15) is 0 Å². The van der Waals surface area contributed by atoms with E-state index in [1.54, 1.807) is 0 Å². The van der Waals surface area contributed by atoms with Crippen LogP contribution < -0.4 is 5.73 Å². The lowest BCUT2D eigenvalue weighted by molar-refractivity contribution is -0.0983. The highest BCUT2D eigenvalue weighted by Crippen LogP contribution is 2.41. The van der Waals surface area contributed by atoms with Gasteiger partial charge < -0.3 is 10.5 Å². The Bertz CT molecular complexity index is 194. The molecule has 2 N–H and O–H groups in total. The highest BCUT2D eigenvalue weighted by molar-refractivity contribution is 4.98. The van der Waals surface area contributed by atoms with Crippen LogP contribution in [0.15, 0.2) is 0 Å². The first-order chi connectivity index (χ1) is 7.29. The fourth-order valence-electron chi connectivity index (χ4n) is 3.03. The fraction of sp³-hybridized carbons (Fsp3) is 1.00. The number of ether oxygens (including phenoxy) is 1. The first-order valence-corrected chi connectivity index (χ1v) is 6.31.